The van der Waals surface area contributed by atoms with Gasteiger partial charge in [-0.3, -0.25) is 0 Å². The van der Waals surface area contributed by atoms with Crippen molar-refractivity contribution in [2.45, 2.75) is 6.42 Å². The van der Waals surface area contributed by atoms with Crippen LogP contribution >= 0.6 is 0 Å². The zero-order valence-electron chi connectivity index (χ0n) is 14.8. The minimum Gasteiger partial charge on any atom is -0.370 e. The molecule has 0 aliphatic heterocycles. The van der Waals surface area contributed by atoms with E-state index in [2.05, 4.69) is 10.4 Å². The molecule has 4 rings (SSSR count). The van der Waals surface area contributed by atoms with Gasteiger partial charge in [-0.2, -0.15) is 9.61 Å². The van der Waals surface area contributed by atoms with Gasteiger partial charge in [0, 0.05) is 29.8 Å². The van der Waals surface area contributed by atoms with Crippen LogP contribution in [-0.4, -0.2) is 27.7 Å². The number of halogens is 1. The molecular formula is C21H20FN5. The highest BCUT2D eigenvalue weighted by Crippen LogP contribution is 2.26. The van der Waals surface area contributed by atoms with E-state index in [0.717, 1.165) is 35.6 Å². The third kappa shape index (κ3) is 3.66. The van der Waals surface area contributed by atoms with Gasteiger partial charge in [0.2, 0.25) is 0 Å². The number of aromatic nitrogens is 3. The molecule has 0 spiro atoms. The molecular weight excluding hydrogens is 341 g/mol. The second-order valence-corrected chi connectivity index (χ2v) is 6.27. The van der Waals surface area contributed by atoms with Crippen LogP contribution in [0.15, 0.2) is 66.7 Å². The van der Waals surface area contributed by atoms with Crippen LogP contribution in [0.5, 0.6) is 0 Å². The Hall–Kier alpha value is -3.25. The Balaban J connectivity index is 1.83. The van der Waals surface area contributed by atoms with Crippen molar-refractivity contribution in [3.05, 3.63) is 72.5 Å². The maximum absolute atomic E-state index is 13.6. The summed E-state index contributed by atoms with van der Waals surface area (Å²) < 4.78 is 15.4. The monoisotopic (exact) mass is 361 g/mol. The fourth-order valence-electron chi connectivity index (χ4n) is 2.96. The van der Waals surface area contributed by atoms with Gasteiger partial charge in [0.25, 0.3) is 0 Å². The molecule has 0 aliphatic rings. The van der Waals surface area contributed by atoms with Crippen molar-refractivity contribution in [2.75, 3.05) is 18.4 Å². The van der Waals surface area contributed by atoms with E-state index in [9.17, 15) is 4.39 Å². The summed E-state index contributed by atoms with van der Waals surface area (Å²) in [7, 11) is 0. The number of nitrogens with zero attached hydrogens (tertiary/aromatic N) is 3. The molecule has 2 aromatic carbocycles. The summed E-state index contributed by atoms with van der Waals surface area (Å²) in [6, 6.07) is 20.2. The Morgan fingerprint density at radius 3 is 2.52 bits per heavy atom. The van der Waals surface area contributed by atoms with Crippen molar-refractivity contribution in [1.29, 1.82) is 0 Å². The van der Waals surface area contributed by atoms with Crippen LogP contribution in [0.2, 0.25) is 0 Å². The molecule has 0 saturated heterocycles. The van der Waals surface area contributed by atoms with Gasteiger partial charge in [0.1, 0.15) is 11.6 Å². The molecule has 0 unspecified atom stereocenters. The lowest BCUT2D eigenvalue weighted by Crippen LogP contribution is -2.11. The van der Waals surface area contributed by atoms with Crippen molar-refractivity contribution in [3.63, 3.8) is 0 Å². The van der Waals surface area contributed by atoms with Gasteiger partial charge in [0.05, 0.1) is 11.4 Å². The molecule has 3 N–H and O–H groups in total. The Labute approximate surface area is 156 Å². The second-order valence-electron chi connectivity index (χ2n) is 6.27. The van der Waals surface area contributed by atoms with E-state index in [1.54, 1.807) is 10.6 Å². The molecule has 27 heavy (non-hydrogen) atoms. The predicted octanol–water partition coefficient (Wildman–Crippen LogP) is 3.96. The predicted molar refractivity (Wildman–Crippen MR) is 106 cm³/mol. The van der Waals surface area contributed by atoms with E-state index in [-0.39, 0.29) is 5.82 Å². The lowest BCUT2D eigenvalue weighted by molar-refractivity contribution is 0.628. The zero-order chi connectivity index (χ0) is 18.6. The quantitative estimate of drug-likeness (QED) is 0.510. The normalized spacial score (nSPS) is 11.0. The molecule has 136 valence electrons. The topological polar surface area (TPSA) is 68.2 Å². The maximum Gasteiger partial charge on any atom is 0.158 e. The van der Waals surface area contributed by atoms with Crippen molar-refractivity contribution in [3.8, 4) is 22.5 Å². The first-order valence-electron chi connectivity index (χ1n) is 8.91. The fraction of sp³-hybridized carbons (Fsp3) is 0.143. The minimum atomic E-state index is -0.288. The third-order valence-electron chi connectivity index (χ3n) is 4.30. The van der Waals surface area contributed by atoms with Crippen molar-refractivity contribution in [2.24, 2.45) is 5.73 Å². The molecule has 0 amide bonds. The molecule has 5 nitrogen and oxygen atoms in total. The van der Waals surface area contributed by atoms with Crippen molar-refractivity contribution in [1.82, 2.24) is 14.6 Å². The first-order valence-corrected chi connectivity index (χ1v) is 8.91. The number of nitrogens with two attached hydrogens (primary N) is 1. The van der Waals surface area contributed by atoms with Crippen LogP contribution in [0.3, 0.4) is 0 Å². The summed E-state index contributed by atoms with van der Waals surface area (Å²) in [5.74, 6) is 0.541. The summed E-state index contributed by atoms with van der Waals surface area (Å²) in [6.07, 6.45) is 0.850. The molecule has 0 fully saturated rings. The molecule has 0 atom stereocenters. The number of hydrogen-bond donors (Lipinski definition) is 2. The molecule has 0 bridgehead atoms. The number of fused-ring (bicyclic) bond motifs is 1. The summed E-state index contributed by atoms with van der Waals surface area (Å²) >= 11 is 0. The Bertz CT molecular complexity index is 1060. The van der Waals surface area contributed by atoms with E-state index in [4.69, 9.17) is 10.7 Å². The largest absolute Gasteiger partial charge is 0.370 e. The summed E-state index contributed by atoms with van der Waals surface area (Å²) in [4.78, 5) is 4.74. The van der Waals surface area contributed by atoms with Crippen LogP contribution in [0.1, 0.15) is 6.42 Å². The molecule has 0 radical (unpaired) electrons. The highest BCUT2D eigenvalue weighted by atomic mass is 19.1. The summed E-state index contributed by atoms with van der Waals surface area (Å²) in [5, 5.41) is 8.01. The fourth-order valence-corrected chi connectivity index (χ4v) is 2.96. The van der Waals surface area contributed by atoms with Crippen LogP contribution in [0.25, 0.3) is 28.2 Å². The maximum atomic E-state index is 13.6. The van der Waals surface area contributed by atoms with Gasteiger partial charge in [-0.25, -0.2) is 9.37 Å². The van der Waals surface area contributed by atoms with Gasteiger partial charge in [0.15, 0.2) is 5.65 Å². The van der Waals surface area contributed by atoms with E-state index in [1.807, 2.05) is 48.5 Å². The van der Waals surface area contributed by atoms with Gasteiger partial charge >= 0.3 is 0 Å². The zero-order valence-corrected chi connectivity index (χ0v) is 14.8. The summed E-state index contributed by atoms with van der Waals surface area (Å²) in [5.41, 5.74) is 9.58. The van der Waals surface area contributed by atoms with Crippen LogP contribution in [0.4, 0.5) is 10.2 Å². The molecule has 2 aromatic heterocycles. The SMILES string of the molecule is NCCCNc1cc(-c2ccccc2)nc2cc(-c3cccc(F)c3)nn12. The number of hydrogen-bond acceptors (Lipinski definition) is 4. The van der Waals surface area contributed by atoms with Crippen LogP contribution in [-0.2, 0) is 0 Å². The van der Waals surface area contributed by atoms with E-state index < -0.39 is 0 Å². The molecule has 4 aromatic rings. The Morgan fingerprint density at radius 2 is 1.74 bits per heavy atom. The lowest BCUT2D eigenvalue weighted by atomic mass is 10.1. The average Bonchev–Trinajstić information content (AvgIpc) is 3.13. The smallest absolute Gasteiger partial charge is 0.158 e. The first kappa shape index (κ1) is 17.2. The number of benzene rings is 2. The highest BCUT2D eigenvalue weighted by molar-refractivity contribution is 5.70. The number of rotatable bonds is 6. The van der Waals surface area contributed by atoms with E-state index >= 15 is 0 Å². The highest BCUT2D eigenvalue weighted by Gasteiger charge is 2.12. The number of anilines is 1. The standard InChI is InChI=1S/C21H20FN5/c22-17-9-4-8-16(12-17)19-14-21-25-18(15-6-2-1-3-7-15)13-20(27(21)26-19)24-11-5-10-23/h1-4,6-9,12-14,24H,5,10-11,23H2. The van der Waals surface area contributed by atoms with Gasteiger partial charge in [-0.15, -0.1) is 0 Å². The molecule has 6 heteroatoms. The van der Waals surface area contributed by atoms with E-state index in [0.29, 0.717) is 17.9 Å². The van der Waals surface area contributed by atoms with Gasteiger partial charge < -0.3 is 11.1 Å². The minimum absolute atomic E-state index is 0.288. The Morgan fingerprint density at radius 1 is 0.926 bits per heavy atom. The third-order valence-corrected chi connectivity index (χ3v) is 4.30. The molecule has 0 aliphatic carbocycles. The molecule has 2 heterocycles. The average molecular weight is 361 g/mol. The van der Waals surface area contributed by atoms with Gasteiger partial charge in [-0.1, -0.05) is 42.5 Å². The summed E-state index contributed by atoms with van der Waals surface area (Å²) in [6.45, 7) is 1.35. The van der Waals surface area contributed by atoms with Crippen molar-refractivity contribution >= 4 is 11.5 Å². The van der Waals surface area contributed by atoms with Crippen molar-refractivity contribution < 1.29 is 4.39 Å². The van der Waals surface area contributed by atoms with Crippen LogP contribution in [0, 0.1) is 5.82 Å². The second kappa shape index (κ2) is 7.55. The van der Waals surface area contributed by atoms with Gasteiger partial charge in [-0.05, 0) is 25.1 Å². The first-order chi connectivity index (χ1) is 13.2. The van der Waals surface area contributed by atoms with Crippen LogP contribution < -0.4 is 11.1 Å². The Kier molecular flexibility index (Phi) is 4.80. The van der Waals surface area contributed by atoms with E-state index in [1.165, 1.54) is 12.1 Å². The molecule has 0 saturated carbocycles. The number of nitrogens with one attached hydrogen (secondary N) is 1. The lowest BCUT2D eigenvalue weighted by Gasteiger charge is -2.10.